The van der Waals surface area contributed by atoms with Crippen molar-refractivity contribution in [1.82, 2.24) is 0 Å². The molecular weight excluding hydrogens is 296 g/mol. The fourth-order valence-corrected chi connectivity index (χ4v) is 4.53. The number of aliphatic hydroxyl groups excluding tert-OH is 1. The molecular formula is C14H14O4S2. The molecule has 3 heterocycles. The number of thiophene rings is 1. The monoisotopic (exact) mass is 310 g/mol. The first kappa shape index (κ1) is 13.7. The van der Waals surface area contributed by atoms with Gasteiger partial charge in [0.25, 0.3) is 0 Å². The van der Waals surface area contributed by atoms with Crippen molar-refractivity contribution >= 4 is 29.1 Å². The van der Waals surface area contributed by atoms with Crippen molar-refractivity contribution in [2.45, 2.75) is 18.3 Å². The number of rotatable bonds is 3. The van der Waals surface area contributed by atoms with Gasteiger partial charge in [0.1, 0.15) is 11.9 Å². The molecule has 4 nitrogen and oxygen atoms in total. The normalized spacial score (nSPS) is 15.7. The van der Waals surface area contributed by atoms with Crippen LogP contribution in [0.15, 0.2) is 22.6 Å². The lowest BCUT2D eigenvalue weighted by Crippen LogP contribution is -1.99. The van der Waals surface area contributed by atoms with Crippen LogP contribution in [0.5, 0.6) is 0 Å². The molecule has 0 radical (unpaired) electrons. The second kappa shape index (κ2) is 5.63. The minimum atomic E-state index is -0.825. The number of carbonyl (C=O) groups is 1. The summed E-state index contributed by atoms with van der Waals surface area (Å²) in [6, 6.07) is 5.18. The quantitative estimate of drug-likeness (QED) is 0.883. The second-order valence-corrected chi connectivity index (χ2v) is 6.77. The first-order valence-electron chi connectivity index (χ1n) is 6.24. The average molecular weight is 310 g/mol. The first-order chi connectivity index (χ1) is 9.69. The van der Waals surface area contributed by atoms with Crippen LogP contribution in [-0.2, 0) is 16.9 Å². The van der Waals surface area contributed by atoms with Crippen LogP contribution in [0.25, 0.3) is 0 Å². The zero-order valence-corrected chi connectivity index (χ0v) is 12.6. The SMILES string of the molecule is COC(=O)c1ccc(C(O)c2cc3c(s2)CCSC3)o1. The Balaban J connectivity index is 1.84. The van der Waals surface area contributed by atoms with Gasteiger partial charge < -0.3 is 14.3 Å². The number of aliphatic hydroxyl groups is 1. The van der Waals surface area contributed by atoms with E-state index in [1.807, 2.05) is 17.8 Å². The van der Waals surface area contributed by atoms with Gasteiger partial charge in [-0.2, -0.15) is 11.8 Å². The molecule has 1 aliphatic heterocycles. The highest BCUT2D eigenvalue weighted by Gasteiger charge is 2.22. The number of fused-ring (bicyclic) bond motifs is 1. The highest BCUT2D eigenvalue weighted by molar-refractivity contribution is 7.98. The fraction of sp³-hybridized carbons (Fsp3) is 0.357. The number of carbonyl (C=O) groups excluding carboxylic acids is 1. The molecule has 1 aliphatic rings. The van der Waals surface area contributed by atoms with E-state index in [9.17, 15) is 9.90 Å². The summed E-state index contributed by atoms with van der Waals surface area (Å²) in [5, 5.41) is 10.4. The highest BCUT2D eigenvalue weighted by atomic mass is 32.2. The van der Waals surface area contributed by atoms with Crippen LogP contribution in [0.3, 0.4) is 0 Å². The van der Waals surface area contributed by atoms with Gasteiger partial charge in [-0.25, -0.2) is 4.79 Å². The molecule has 0 amide bonds. The predicted molar refractivity (Wildman–Crippen MR) is 78.3 cm³/mol. The average Bonchev–Trinajstić information content (AvgIpc) is 3.12. The molecule has 2 aromatic rings. The molecule has 106 valence electrons. The van der Waals surface area contributed by atoms with Crippen LogP contribution in [0.4, 0.5) is 0 Å². The molecule has 1 unspecified atom stereocenters. The third kappa shape index (κ3) is 2.51. The smallest absolute Gasteiger partial charge is 0.373 e. The van der Waals surface area contributed by atoms with Crippen molar-refractivity contribution < 1.29 is 19.1 Å². The molecule has 1 N–H and O–H groups in total. The van der Waals surface area contributed by atoms with Gasteiger partial charge in [0.05, 0.1) is 7.11 Å². The summed E-state index contributed by atoms with van der Waals surface area (Å²) in [5.74, 6) is 2.08. The van der Waals surface area contributed by atoms with Gasteiger partial charge in [0.15, 0.2) is 0 Å². The topological polar surface area (TPSA) is 59.7 Å². The Morgan fingerprint density at radius 3 is 3.10 bits per heavy atom. The number of hydrogen-bond donors (Lipinski definition) is 1. The van der Waals surface area contributed by atoms with Crippen LogP contribution in [-0.4, -0.2) is 23.9 Å². The zero-order chi connectivity index (χ0) is 14.1. The molecule has 0 saturated carbocycles. The number of aryl methyl sites for hydroxylation is 1. The number of thioether (sulfide) groups is 1. The Labute approximate surface area is 124 Å². The van der Waals surface area contributed by atoms with E-state index in [0.29, 0.717) is 5.76 Å². The van der Waals surface area contributed by atoms with Crippen LogP contribution in [0, 0.1) is 0 Å². The molecule has 3 rings (SSSR count). The maximum absolute atomic E-state index is 11.3. The molecule has 0 bridgehead atoms. The Morgan fingerprint density at radius 2 is 2.35 bits per heavy atom. The first-order valence-corrected chi connectivity index (χ1v) is 8.21. The Morgan fingerprint density at radius 1 is 1.50 bits per heavy atom. The van der Waals surface area contributed by atoms with E-state index in [-0.39, 0.29) is 5.76 Å². The molecule has 0 aromatic carbocycles. The zero-order valence-electron chi connectivity index (χ0n) is 10.9. The number of hydrogen-bond acceptors (Lipinski definition) is 6. The number of methoxy groups -OCH3 is 1. The van der Waals surface area contributed by atoms with E-state index in [1.54, 1.807) is 17.4 Å². The van der Waals surface area contributed by atoms with Crippen molar-refractivity contribution in [1.29, 1.82) is 0 Å². The number of esters is 1. The molecule has 0 saturated heterocycles. The summed E-state index contributed by atoms with van der Waals surface area (Å²) < 4.78 is 9.95. The van der Waals surface area contributed by atoms with E-state index in [1.165, 1.54) is 23.6 Å². The maximum Gasteiger partial charge on any atom is 0.373 e. The van der Waals surface area contributed by atoms with Crippen molar-refractivity contribution in [3.8, 4) is 0 Å². The van der Waals surface area contributed by atoms with Crippen molar-refractivity contribution in [2.75, 3.05) is 12.9 Å². The van der Waals surface area contributed by atoms with Gasteiger partial charge in [-0.3, -0.25) is 0 Å². The maximum atomic E-state index is 11.3. The predicted octanol–water partition coefficient (Wildman–Crippen LogP) is 3.00. The second-order valence-electron chi connectivity index (χ2n) is 4.50. The molecule has 0 aliphatic carbocycles. The Hall–Kier alpha value is -1.24. The van der Waals surface area contributed by atoms with E-state index >= 15 is 0 Å². The summed E-state index contributed by atoms with van der Waals surface area (Å²) in [4.78, 5) is 13.6. The number of furan rings is 1. The molecule has 2 aromatic heterocycles. The standard InChI is InChI=1S/C14H14O4S2/c1-17-14(16)10-3-2-9(18-10)13(15)12-6-8-7-19-5-4-11(8)20-12/h2-3,6,13,15H,4-5,7H2,1H3. The Kier molecular flexibility index (Phi) is 3.87. The van der Waals surface area contributed by atoms with Gasteiger partial charge in [-0.05, 0) is 35.9 Å². The summed E-state index contributed by atoms with van der Waals surface area (Å²) in [5.41, 5.74) is 1.31. The lowest BCUT2D eigenvalue weighted by Gasteiger charge is -2.08. The lowest BCUT2D eigenvalue weighted by atomic mass is 10.2. The van der Waals surface area contributed by atoms with Gasteiger partial charge in [0.2, 0.25) is 5.76 Å². The lowest BCUT2D eigenvalue weighted by molar-refractivity contribution is 0.0558. The third-order valence-corrected chi connectivity index (χ3v) is 5.50. The van der Waals surface area contributed by atoms with Gasteiger partial charge >= 0.3 is 5.97 Å². The Bertz CT molecular complexity index is 605. The molecule has 6 heteroatoms. The fourth-order valence-electron chi connectivity index (χ4n) is 2.16. The summed E-state index contributed by atoms with van der Waals surface area (Å²) in [6.45, 7) is 0. The van der Waals surface area contributed by atoms with Crippen molar-refractivity contribution in [3.05, 3.63) is 45.0 Å². The van der Waals surface area contributed by atoms with Crippen LogP contribution in [0.1, 0.15) is 37.7 Å². The molecule has 0 spiro atoms. The van der Waals surface area contributed by atoms with Gasteiger partial charge in [-0.1, -0.05) is 0 Å². The highest BCUT2D eigenvalue weighted by Crippen LogP contribution is 2.36. The minimum Gasteiger partial charge on any atom is -0.463 e. The van der Waals surface area contributed by atoms with Crippen LogP contribution < -0.4 is 0 Å². The van der Waals surface area contributed by atoms with Crippen molar-refractivity contribution in [3.63, 3.8) is 0 Å². The minimum absolute atomic E-state index is 0.110. The van der Waals surface area contributed by atoms with Crippen LogP contribution in [0.2, 0.25) is 0 Å². The largest absolute Gasteiger partial charge is 0.463 e. The van der Waals surface area contributed by atoms with E-state index in [2.05, 4.69) is 4.74 Å². The summed E-state index contributed by atoms with van der Waals surface area (Å²) in [6.07, 6.45) is 0.233. The van der Waals surface area contributed by atoms with Gasteiger partial charge in [0, 0.05) is 15.5 Å². The van der Waals surface area contributed by atoms with E-state index in [4.69, 9.17) is 4.42 Å². The molecule has 0 fully saturated rings. The third-order valence-electron chi connectivity index (χ3n) is 3.20. The molecule has 20 heavy (non-hydrogen) atoms. The molecule has 1 atom stereocenters. The van der Waals surface area contributed by atoms with Crippen molar-refractivity contribution in [2.24, 2.45) is 0 Å². The van der Waals surface area contributed by atoms with Crippen LogP contribution >= 0.6 is 23.1 Å². The van der Waals surface area contributed by atoms with E-state index < -0.39 is 12.1 Å². The summed E-state index contributed by atoms with van der Waals surface area (Å²) in [7, 11) is 1.30. The van der Waals surface area contributed by atoms with Gasteiger partial charge in [-0.15, -0.1) is 11.3 Å². The van der Waals surface area contributed by atoms with E-state index in [0.717, 1.165) is 22.8 Å². The number of ether oxygens (including phenoxy) is 1. The summed E-state index contributed by atoms with van der Waals surface area (Å²) >= 11 is 3.53.